The number of fused-ring (bicyclic) bond motifs is 1. The van der Waals surface area contributed by atoms with Gasteiger partial charge in [-0.3, -0.25) is 0 Å². The minimum absolute atomic E-state index is 0.0114. The van der Waals surface area contributed by atoms with Crippen LogP contribution < -0.4 is 4.74 Å². The number of ether oxygens (including phenoxy) is 1. The minimum atomic E-state index is -4.51. The van der Waals surface area contributed by atoms with Gasteiger partial charge in [0.15, 0.2) is 5.65 Å². The van der Waals surface area contributed by atoms with E-state index in [1.54, 1.807) is 13.0 Å². The molecule has 1 aromatic carbocycles. The standard InChI is InChI=1S/C17H11F3N6O/c1-10-4-15-24-23-9-26(15)25-16(10)27-14-5-12(17(18,19)20)2-3-13(14)11-6-21-8-22-7-11/h2-9H,1H3. The first-order valence-corrected chi connectivity index (χ1v) is 7.74. The molecule has 7 nitrogen and oxygen atoms in total. The van der Waals surface area contributed by atoms with Gasteiger partial charge < -0.3 is 4.74 Å². The summed E-state index contributed by atoms with van der Waals surface area (Å²) in [4.78, 5) is 7.81. The summed E-state index contributed by atoms with van der Waals surface area (Å²) in [6.07, 6.45) is 1.18. The van der Waals surface area contributed by atoms with Crippen LogP contribution in [0, 0.1) is 6.92 Å². The first kappa shape index (κ1) is 16.9. The molecule has 136 valence electrons. The van der Waals surface area contributed by atoms with Crippen molar-refractivity contribution in [2.75, 3.05) is 0 Å². The molecule has 0 bridgehead atoms. The average Bonchev–Trinajstić information content (AvgIpc) is 3.09. The van der Waals surface area contributed by atoms with E-state index in [0.717, 1.165) is 12.1 Å². The summed E-state index contributed by atoms with van der Waals surface area (Å²) in [6.45, 7) is 1.72. The number of nitrogens with zero attached hydrogens (tertiary/aromatic N) is 6. The minimum Gasteiger partial charge on any atom is -0.437 e. The third-order valence-corrected chi connectivity index (χ3v) is 3.82. The van der Waals surface area contributed by atoms with E-state index in [4.69, 9.17) is 4.74 Å². The Hall–Kier alpha value is -3.56. The summed E-state index contributed by atoms with van der Waals surface area (Å²) in [6, 6.07) is 4.91. The van der Waals surface area contributed by atoms with E-state index in [1.807, 2.05) is 0 Å². The maximum absolute atomic E-state index is 13.2. The van der Waals surface area contributed by atoms with Crippen molar-refractivity contribution in [2.45, 2.75) is 13.1 Å². The summed E-state index contributed by atoms with van der Waals surface area (Å²) >= 11 is 0. The van der Waals surface area contributed by atoms with Crippen LogP contribution in [0.3, 0.4) is 0 Å². The van der Waals surface area contributed by atoms with Gasteiger partial charge in [-0.25, -0.2) is 9.97 Å². The number of rotatable bonds is 3. The number of hydrogen-bond donors (Lipinski definition) is 0. The van der Waals surface area contributed by atoms with Gasteiger partial charge in [-0.05, 0) is 31.2 Å². The van der Waals surface area contributed by atoms with Gasteiger partial charge in [0.1, 0.15) is 18.4 Å². The fourth-order valence-corrected chi connectivity index (χ4v) is 2.51. The first-order chi connectivity index (χ1) is 12.9. The molecule has 0 spiro atoms. The van der Waals surface area contributed by atoms with Crippen LogP contribution in [0.15, 0.2) is 49.3 Å². The zero-order valence-electron chi connectivity index (χ0n) is 13.8. The highest BCUT2D eigenvalue weighted by atomic mass is 19.4. The zero-order chi connectivity index (χ0) is 19.0. The molecule has 0 amide bonds. The molecule has 0 unspecified atom stereocenters. The van der Waals surface area contributed by atoms with Crippen LogP contribution in [-0.4, -0.2) is 29.8 Å². The number of hydrogen-bond acceptors (Lipinski definition) is 6. The Morgan fingerprint density at radius 3 is 2.59 bits per heavy atom. The molecular formula is C17H11F3N6O. The summed E-state index contributed by atoms with van der Waals surface area (Å²) in [5.74, 6) is 0.127. The van der Waals surface area contributed by atoms with Crippen molar-refractivity contribution in [2.24, 2.45) is 0 Å². The van der Waals surface area contributed by atoms with E-state index in [1.165, 1.54) is 35.6 Å². The number of aryl methyl sites for hydroxylation is 1. The predicted molar refractivity (Wildman–Crippen MR) is 88.1 cm³/mol. The Morgan fingerprint density at radius 2 is 1.85 bits per heavy atom. The molecular weight excluding hydrogens is 361 g/mol. The van der Waals surface area contributed by atoms with E-state index in [-0.39, 0.29) is 11.6 Å². The van der Waals surface area contributed by atoms with Gasteiger partial charge in [-0.15, -0.1) is 15.3 Å². The van der Waals surface area contributed by atoms with Gasteiger partial charge in [0.05, 0.1) is 5.56 Å². The molecule has 10 heteroatoms. The molecule has 0 fully saturated rings. The van der Waals surface area contributed by atoms with Crippen LogP contribution in [0.5, 0.6) is 11.6 Å². The maximum atomic E-state index is 13.2. The van der Waals surface area contributed by atoms with E-state index < -0.39 is 11.7 Å². The Kier molecular flexibility index (Phi) is 3.94. The molecule has 0 radical (unpaired) electrons. The van der Waals surface area contributed by atoms with Gasteiger partial charge in [0.25, 0.3) is 0 Å². The highest BCUT2D eigenvalue weighted by Crippen LogP contribution is 2.38. The molecule has 0 aliphatic carbocycles. The quantitative estimate of drug-likeness (QED) is 0.546. The van der Waals surface area contributed by atoms with Crippen LogP contribution in [-0.2, 0) is 6.18 Å². The van der Waals surface area contributed by atoms with E-state index in [0.29, 0.717) is 22.3 Å². The molecule has 0 atom stereocenters. The van der Waals surface area contributed by atoms with Gasteiger partial charge in [-0.1, -0.05) is 0 Å². The van der Waals surface area contributed by atoms with E-state index in [2.05, 4.69) is 25.3 Å². The van der Waals surface area contributed by atoms with Crippen molar-refractivity contribution in [1.29, 1.82) is 0 Å². The zero-order valence-corrected chi connectivity index (χ0v) is 13.8. The molecule has 27 heavy (non-hydrogen) atoms. The lowest BCUT2D eigenvalue weighted by Crippen LogP contribution is -2.06. The molecule has 0 saturated heterocycles. The number of alkyl halides is 3. The Morgan fingerprint density at radius 1 is 1.07 bits per heavy atom. The van der Waals surface area contributed by atoms with Crippen LogP contribution in [0.4, 0.5) is 13.2 Å². The van der Waals surface area contributed by atoms with Crippen molar-refractivity contribution >= 4 is 5.65 Å². The SMILES string of the molecule is Cc1cc2nncn2nc1Oc1cc(C(F)(F)F)ccc1-c1cncnc1. The highest BCUT2D eigenvalue weighted by Gasteiger charge is 2.31. The first-order valence-electron chi connectivity index (χ1n) is 7.74. The van der Waals surface area contributed by atoms with Gasteiger partial charge in [0, 0.05) is 29.1 Å². The Balaban J connectivity index is 1.84. The highest BCUT2D eigenvalue weighted by molar-refractivity contribution is 5.70. The summed E-state index contributed by atoms with van der Waals surface area (Å²) in [5, 5.41) is 11.8. The lowest BCUT2D eigenvalue weighted by atomic mass is 10.0. The Labute approximate surface area is 150 Å². The molecule has 0 saturated carbocycles. The monoisotopic (exact) mass is 372 g/mol. The molecule has 0 aliphatic heterocycles. The van der Waals surface area contributed by atoms with Gasteiger partial charge in [-0.2, -0.15) is 17.7 Å². The van der Waals surface area contributed by atoms with Crippen molar-refractivity contribution in [3.05, 3.63) is 60.4 Å². The fourth-order valence-electron chi connectivity index (χ4n) is 2.51. The smallest absolute Gasteiger partial charge is 0.416 e. The second-order valence-electron chi connectivity index (χ2n) is 5.70. The van der Waals surface area contributed by atoms with E-state index in [9.17, 15) is 13.2 Å². The van der Waals surface area contributed by atoms with Crippen molar-refractivity contribution in [1.82, 2.24) is 29.8 Å². The molecule has 3 aromatic heterocycles. The molecule has 0 N–H and O–H groups in total. The summed E-state index contributed by atoms with van der Waals surface area (Å²) in [5.41, 5.74) is 1.20. The third kappa shape index (κ3) is 3.28. The normalized spacial score (nSPS) is 11.7. The number of benzene rings is 1. The lowest BCUT2D eigenvalue weighted by molar-refractivity contribution is -0.137. The molecule has 0 aliphatic rings. The third-order valence-electron chi connectivity index (χ3n) is 3.82. The van der Waals surface area contributed by atoms with E-state index >= 15 is 0 Å². The van der Waals surface area contributed by atoms with Crippen molar-refractivity contribution < 1.29 is 17.9 Å². The number of halogens is 3. The van der Waals surface area contributed by atoms with Crippen molar-refractivity contribution in [3.8, 4) is 22.8 Å². The van der Waals surface area contributed by atoms with Gasteiger partial charge >= 0.3 is 6.18 Å². The van der Waals surface area contributed by atoms with Crippen LogP contribution in [0.25, 0.3) is 16.8 Å². The van der Waals surface area contributed by atoms with Gasteiger partial charge in [0.2, 0.25) is 5.88 Å². The summed E-state index contributed by atoms with van der Waals surface area (Å²) in [7, 11) is 0. The average molecular weight is 372 g/mol. The fraction of sp³-hybridized carbons (Fsp3) is 0.118. The summed E-state index contributed by atoms with van der Waals surface area (Å²) < 4.78 is 46.7. The molecule has 4 rings (SSSR count). The lowest BCUT2D eigenvalue weighted by Gasteiger charge is -2.15. The molecule has 3 heterocycles. The van der Waals surface area contributed by atoms with Crippen LogP contribution in [0.2, 0.25) is 0 Å². The molecule has 4 aromatic rings. The second-order valence-corrected chi connectivity index (χ2v) is 5.70. The topological polar surface area (TPSA) is 78.1 Å². The van der Waals surface area contributed by atoms with Crippen LogP contribution >= 0.6 is 0 Å². The van der Waals surface area contributed by atoms with Crippen LogP contribution in [0.1, 0.15) is 11.1 Å². The maximum Gasteiger partial charge on any atom is 0.416 e. The van der Waals surface area contributed by atoms with Crippen molar-refractivity contribution in [3.63, 3.8) is 0 Å². The second kappa shape index (κ2) is 6.31. The number of aromatic nitrogens is 6. The predicted octanol–water partition coefficient (Wildman–Crippen LogP) is 3.70. The Bertz CT molecular complexity index is 1110. The largest absolute Gasteiger partial charge is 0.437 e.